The minimum Gasteiger partial charge on any atom is -0.350 e. The summed E-state index contributed by atoms with van der Waals surface area (Å²) < 4.78 is 0. The van der Waals surface area contributed by atoms with Gasteiger partial charge in [0.1, 0.15) is 5.82 Å². The van der Waals surface area contributed by atoms with Gasteiger partial charge >= 0.3 is 0 Å². The predicted octanol–water partition coefficient (Wildman–Crippen LogP) is 1.96. The van der Waals surface area contributed by atoms with Crippen LogP contribution >= 0.6 is 0 Å². The molecule has 86 valence electrons. The number of hydrogen-bond acceptors (Lipinski definition) is 3. The van der Waals surface area contributed by atoms with Crippen LogP contribution in [0.15, 0.2) is 31.0 Å². The lowest BCUT2D eigenvalue weighted by atomic mass is 10.2. The molecule has 0 aromatic carbocycles. The molecule has 0 saturated heterocycles. The van der Waals surface area contributed by atoms with Crippen LogP contribution < -0.4 is 10.2 Å². The van der Waals surface area contributed by atoms with Crippen molar-refractivity contribution in [2.45, 2.75) is 25.4 Å². The molecular weight excluding hydrogens is 198 g/mol. The van der Waals surface area contributed by atoms with Crippen molar-refractivity contribution >= 4 is 5.82 Å². The molecule has 1 saturated carbocycles. The van der Waals surface area contributed by atoms with Crippen LogP contribution in [0.2, 0.25) is 0 Å². The van der Waals surface area contributed by atoms with E-state index in [4.69, 9.17) is 0 Å². The van der Waals surface area contributed by atoms with E-state index in [0.29, 0.717) is 6.04 Å². The molecule has 0 amide bonds. The summed E-state index contributed by atoms with van der Waals surface area (Å²) in [6, 6.07) is 4.90. The largest absolute Gasteiger partial charge is 0.350 e. The Balaban J connectivity index is 2.15. The van der Waals surface area contributed by atoms with Crippen molar-refractivity contribution in [3.63, 3.8) is 0 Å². The molecule has 0 unspecified atom stereocenters. The van der Waals surface area contributed by atoms with E-state index >= 15 is 0 Å². The topological polar surface area (TPSA) is 28.2 Å². The molecule has 1 aromatic rings. The van der Waals surface area contributed by atoms with E-state index in [1.807, 2.05) is 19.3 Å². The molecule has 3 nitrogen and oxygen atoms in total. The molecule has 1 fully saturated rings. The van der Waals surface area contributed by atoms with Crippen molar-refractivity contribution in [2.24, 2.45) is 0 Å². The van der Waals surface area contributed by atoms with Gasteiger partial charge in [-0.1, -0.05) is 6.08 Å². The summed E-state index contributed by atoms with van der Waals surface area (Å²) in [4.78, 5) is 6.79. The Labute approximate surface area is 97.2 Å². The molecule has 1 aliphatic carbocycles. The van der Waals surface area contributed by atoms with Crippen molar-refractivity contribution in [2.75, 3.05) is 18.5 Å². The van der Waals surface area contributed by atoms with Crippen molar-refractivity contribution in [3.8, 4) is 0 Å². The van der Waals surface area contributed by atoms with Gasteiger partial charge in [0.2, 0.25) is 0 Å². The monoisotopic (exact) mass is 217 g/mol. The third-order valence-electron chi connectivity index (χ3n) is 2.80. The minimum absolute atomic E-state index is 0.676. The number of nitrogens with one attached hydrogen (secondary N) is 1. The molecule has 1 heterocycles. The summed E-state index contributed by atoms with van der Waals surface area (Å²) in [7, 11) is 1.96. The minimum atomic E-state index is 0.676. The van der Waals surface area contributed by atoms with Crippen molar-refractivity contribution in [1.82, 2.24) is 10.3 Å². The van der Waals surface area contributed by atoms with Gasteiger partial charge in [-0.05, 0) is 37.6 Å². The number of rotatable bonds is 6. The average Bonchev–Trinajstić information content (AvgIpc) is 3.11. The SMILES string of the molecule is C=CCN(c1cc(CNC)ccn1)C1CC1. The van der Waals surface area contributed by atoms with Crippen LogP contribution in [0.4, 0.5) is 5.82 Å². The van der Waals surface area contributed by atoms with Gasteiger partial charge in [-0.3, -0.25) is 0 Å². The Bertz CT molecular complexity index is 358. The summed E-state index contributed by atoms with van der Waals surface area (Å²) in [5, 5.41) is 3.16. The molecule has 0 aliphatic heterocycles. The first-order valence-corrected chi connectivity index (χ1v) is 5.82. The van der Waals surface area contributed by atoms with Gasteiger partial charge in [-0.25, -0.2) is 4.98 Å². The lowest BCUT2D eigenvalue weighted by molar-refractivity contribution is 0.804. The Morgan fingerprint density at radius 1 is 1.62 bits per heavy atom. The quantitative estimate of drug-likeness (QED) is 0.738. The summed E-state index contributed by atoms with van der Waals surface area (Å²) in [5.74, 6) is 1.08. The summed E-state index contributed by atoms with van der Waals surface area (Å²) in [6.45, 7) is 5.59. The number of anilines is 1. The molecule has 0 atom stereocenters. The molecule has 1 aliphatic rings. The van der Waals surface area contributed by atoms with Crippen molar-refractivity contribution in [3.05, 3.63) is 36.5 Å². The summed E-state index contributed by atoms with van der Waals surface area (Å²) in [6.07, 6.45) is 6.41. The number of pyridine rings is 1. The van der Waals surface area contributed by atoms with Gasteiger partial charge in [0.05, 0.1) is 0 Å². The Kier molecular flexibility index (Phi) is 3.57. The highest BCUT2D eigenvalue weighted by atomic mass is 15.2. The second-order valence-electron chi connectivity index (χ2n) is 4.22. The fourth-order valence-corrected chi connectivity index (χ4v) is 1.89. The number of hydrogen-bond donors (Lipinski definition) is 1. The highest BCUT2D eigenvalue weighted by Gasteiger charge is 2.29. The molecule has 1 N–H and O–H groups in total. The fraction of sp³-hybridized carbons (Fsp3) is 0.462. The van der Waals surface area contributed by atoms with Crippen molar-refractivity contribution < 1.29 is 0 Å². The molecule has 1 aromatic heterocycles. The van der Waals surface area contributed by atoms with Gasteiger partial charge in [0.25, 0.3) is 0 Å². The first-order chi connectivity index (χ1) is 7.85. The lowest BCUT2D eigenvalue weighted by Crippen LogP contribution is -2.26. The van der Waals surface area contributed by atoms with E-state index in [1.54, 1.807) is 0 Å². The van der Waals surface area contributed by atoms with Gasteiger partial charge in [0, 0.05) is 25.3 Å². The standard InChI is InChI=1S/C13H19N3/c1-3-8-16(12-4-5-12)13-9-11(10-14-2)6-7-15-13/h3,6-7,9,12,14H,1,4-5,8,10H2,2H3. The van der Waals surface area contributed by atoms with Crippen LogP contribution in [0, 0.1) is 0 Å². The third-order valence-corrected chi connectivity index (χ3v) is 2.80. The second kappa shape index (κ2) is 5.12. The first kappa shape index (κ1) is 11.1. The van der Waals surface area contributed by atoms with E-state index in [-0.39, 0.29) is 0 Å². The third kappa shape index (κ3) is 2.61. The summed E-state index contributed by atoms with van der Waals surface area (Å²) in [5.41, 5.74) is 1.28. The average molecular weight is 217 g/mol. The maximum Gasteiger partial charge on any atom is 0.129 e. The van der Waals surface area contributed by atoms with Crippen molar-refractivity contribution in [1.29, 1.82) is 0 Å². The van der Waals surface area contributed by atoms with Gasteiger partial charge in [0.15, 0.2) is 0 Å². The Morgan fingerprint density at radius 3 is 3.06 bits per heavy atom. The van der Waals surface area contributed by atoms with Gasteiger partial charge < -0.3 is 10.2 Å². The molecule has 16 heavy (non-hydrogen) atoms. The second-order valence-corrected chi connectivity index (χ2v) is 4.22. The Hall–Kier alpha value is -1.35. The molecule has 0 bridgehead atoms. The van der Waals surface area contributed by atoms with Gasteiger partial charge in [-0.15, -0.1) is 6.58 Å². The van der Waals surface area contributed by atoms with Crippen LogP contribution in [0.3, 0.4) is 0 Å². The molecular formula is C13H19N3. The van der Waals surface area contributed by atoms with Gasteiger partial charge in [-0.2, -0.15) is 0 Å². The summed E-state index contributed by atoms with van der Waals surface area (Å²) >= 11 is 0. The molecule has 0 radical (unpaired) electrons. The van der Waals surface area contributed by atoms with E-state index in [1.165, 1.54) is 18.4 Å². The highest BCUT2D eigenvalue weighted by molar-refractivity contribution is 5.44. The van der Waals surface area contributed by atoms with E-state index < -0.39 is 0 Å². The number of aromatic nitrogens is 1. The molecule has 2 rings (SSSR count). The highest BCUT2D eigenvalue weighted by Crippen LogP contribution is 2.30. The Morgan fingerprint density at radius 2 is 2.44 bits per heavy atom. The first-order valence-electron chi connectivity index (χ1n) is 5.82. The van der Waals surface area contributed by atoms with Crippen LogP contribution in [-0.2, 0) is 6.54 Å². The molecule has 0 spiro atoms. The van der Waals surface area contributed by atoms with Crippen LogP contribution in [0.25, 0.3) is 0 Å². The fourth-order valence-electron chi connectivity index (χ4n) is 1.89. The normalized spacial score (nSPS) is 14.8. The van der Waals surface area contributed by atoms with E-state index in [0.717, 1.165) is 18.9 Å². The zero-order valence-corrected chi connectivity index (χ0v) is 9.82. The number of nitrogens with zero attached hydrogens (tertiary/aromatic N) is 2. The smallest absolute Gasteiger partial charge is 0.129 e. The zero-order valence-electron chi connectivity index (χ0n) is 9.82. The lowest BCUT2D eigenvalue weighted by Gasteiger charge is -2.22. The molecule has 3 heteroatoms. The maximum atomic E-state index is 4.45. The van der Waals surface area contributed by atoms with Crippen LogP contribution in [-0.4, -0.2) is 24.6 Å². The van der Waals surface area contributed by atoms with Crippen LogP contribution in [0.5, 0.6) is 0 Å². The van der Waals surface area contributed by atoms with Crippen LogP contribution in [0.1, 0.15) is 18.4 Å². The van der Waals surface area contributed by atoms with E-state index in [9.17, 15) is 0 Å². The zero-order chi connectivity index (χ0) is 11.4. The maximum absolute atomic E-state index is 4.45. The van der Waals surface area contributed by atoms with E-state index in [2.05, 4.69) is 33.9 Å². The predicted molar refractivity (Wildman–Crippen MR) is 67.6 cm³/mol.